The van der Waals surface area contributed by atoms with E-state index in [1.807, 2.05) is 30.3 Å². The largest absolute Gasteiger partial charge is 0.492 e. The number of benzene rings is 3. The van der Waals surface area contributed by atoms with Crippen molar-refractivity contribution in [2.45, 2.75) is 38.7 Å². The predicted octanol–water partition coefficient (Wildman–Crippen LogP) is 6.26. The molecule has 1 unspecified atom stereocenters. The molecule has 2 amide bonds. The Hall–Kier alpha value is -4.09. The van der Waals surface area contributed by atoms with E-state index < -0.39 is 29.8 Å². The van der Waals surface area contributed by atoms with E-state index in [4.69, 9.17) is 14.2 Å². The number of hydrogen-bond donors (Lipinski definition) is 2. The Labute approximate surface area is 243 Å². The molecular weight excluding hydrogens is 553 g/mol. The molecule has 0 bridgehead atoms. The minimum absolute atomic E-state index is 0.0309. The number of rotatable bonds is 16. The van der Waals surface area contributed by atoms with Crippen LogP contribution in [0.25, 0.3) is 0 Å². The molecule has 0 radical (unpaired) electrons. The van der Waals surface area contributed by atoms with Gasteiger partial charge in [-0.1, -0.05) is 48.5 Å². The van der Waals surface area contributed by atoms with Gasteiger partial charge in [0.1, 0.15) is 12.4 Å². The lowest BCUT2D eigenvalue weighted by atomic mass is 10.1. The van der Waals surface area contributed by atoms with Gasteiger partial charge in [0.25, 0.3) is 0 Å². The number of hydrogen-bond acceptors (Lipinski definition) is 5. The average molecular weight is 589 g/mol. The van der Waals surface area contributed by atoms with Gasteiger partial charge in [0.2, 0.25) is 0 Å². The van der Waals surface area contributed by atoms with Gasteiger partial charge in [-0.05, 0) is 54.8 Å². The first kappa shape index (κ1) is 32.4. The highest BCUT2D eigenvalue weighted by atomic mass is 19.4. The molecule has 8 nitrogen and oxygen atoms in total. The summed E-state index contributed by atoms with van der Waals surface area (Å²) in [5.41, 5.74) is 0.959. The molecule has 0 spiro atoms. The van der Waals surface area contributed by atoms with Gasteiger partial charge >= 0.3 is 18.2 Å². The molecule has 0 aliphatic rings. The van der Waals surface area contributed by atoms with E-state index in [1.54, 1.807) is 31.2 Å². The number of carboxylic acids is 1. The van der Waals surface area contributed by atoms with Crippen LogP contribution in [0.15, 0.2) is 78.9 Å². The lowest BCUT2D eigenvalue weighted by molar-refractivity contribution is -0.150. The van der Waals surface area contributed by atoms with Crippen LogP contribution in [0.4, 0.5) is 23.7 Å². The predicted molar refractivity (Wildman–Crippen MR) is 151 cm³/mol. The Balaban J connectivity index is 1.56. The summed E-state index contributed by atoms with van der Waals surface area (Å²) in [4.78, 5) is 25.8. The molecule has 3 aromatic carbocycles. The van der Waals surface area contributed by atoms with Gasteiger partial charge < -0.3 is 29.5 Å². The fourth-order valence-electron chi connectivity index (χ4n) is 4.04. The van der Waals surface area contributed by atoms with E-state index in [1.165, 1.54) is 17.0 Å². The van der Waals surface area contributed by atoms with E-state index in [9.17, 15) is 27.9 Å². The van der Waals surface area contributed by atoms with Gasteiger partial charge in [0, 0.05) is 31.9 Å². The van der Waals surface area contributed by atoms with Crippen molar-refractivity contribution < 1.29 is 42.1 Å². The molecule has 0 saturated carbocycles. The van der Waals surface area contributed by atoms with Crippen LogP contribution in [0, 0.1) is 0 Å². The summed E-state index contributed by atoms with van der Waals surface area (Å²) < 4.78 is 56.1. The van der Waals surface area contributed by atoms with E-state index in [2.05, 4.69) is 5.32 Å². The number of nitrogens with one attached hydrogen (secondary N) is 1. The molecule has 3 aromatic rings. The molecule has 0 aromatic heterocycles. The van der Waals surface area contributed by atoms with Crippen molar-refractivity contribution in [3.05, 3.63) is 95.6 Å². The fraction of sp³-hybridized carbons (Fsp3) is 0.355. The van der Waals surface area contributed by atoms with E-state index in [0.717, 1.165) is 23.3 Å². The second-order valence-corrected chi connectivity index (χ2v) is 9.37. The maximum atomic E-state index is 13.1. The molecule has 0 aliphatic heterocycles. The van der Waals surface area contributed by atoms with Gasteiger partial charge in [-0.25, -0.2) is 9.59 Å². The highest BCUT2D eigenvalue weighted by Crippen LogP contribution is 2.30. The second-order valence-electron chi connectivity index (χ2n) is 9.37. The summed E-state index contributed by atoms with van der Waals surface area (Å²) in [7, 11) is 0. The molecule has 11 heteroatoms. The maximum Gasteiger partial charge on any atom is 0.416 e. The Morgan fingerprint density at radius 2 is 1.67 bits per heavy atom. The van der Waals surface area contributed by atoms with Crippen molar-refractivity contribution in [1.82, 2.24) is 4.90 Å². The number of amides is 2. The van der Waals surface area contributed by atoms with E-state index >= 15 is 0 Å². The van der Waals surface area contributed by atoms with Crippen LogP contribution in [0.5, 0.6) is 5.75 Å². The quantitative estimate of drug-likeness (QED) is 0.192. The number of halogens is 3. The topological polar surface area (TPSA) is 97.3 Å². The SMILES string of the molecule is CCOC(Cc1ccc(OCCN(CCCOCc2ccccc2)C(=O)Nc2cccc(C(F)(F)F)c2)cc1)C(=O)O. The van der Waals surface area contributed by atoms with Gasteiger partial charge in [0.15, 0.2) is 6.10 Å². The Bertz CT molecular complexity index is 1260. The average Bonchev–Trinajstić information content (AvgIpc) is 2.97. The third-order valence-electron chi connectivity index (χ3n) is 6.17. The summed E-state index contributed by atoms with van der Waals surface area (Å²) in [5.74, 6) is -0.516. The molecule has 42 heavy (non-hydrogen) atoms. The van der Waals surface area contributed by atoms with Crippen molar-refractivity contribution in [2.24, 2.45) is 0 Å². The number of ether oxygens (including phenoxy) is 3. The minimum atomic E-state index is -4.53. The minimum Gasteiger partial charge on any atom is -0.492 e. The number of carboxylic acid groups (broad SMARTS) is 1. The zero-order valence-corrected chi connectivity index (χ0v) is 23.3. The first-order valence-electron chi connectivity index (χ1n) is 13.6. The van der Waals surface area contributed by atoms with E-state index in [0.29, 0.717) is 25.4 Å². The van der Waals surface area contributed by atoms with Crippen LogP contribution >= 0.6 is 0 Å². The van der Waals surface area contributed by atoms with Crippen molar-refractivity contribution in [2.75, 3.05) is 38.2 Å². The smallest absolute Gasteiger partial charge is 0.416 e. The van der Waals surface area contributed by atoms with Gasteiger partial charge in [0.05, 0.1) is 18.7 Å². The molecule has 0 fully saturated rings. The molecule has 2 N–H and O–H groups in total. The Kier molecular flexibility index (Phi) is 12.6. The highest BCUT2D eigenvalue weighted by molar-refractivity contribution is 5.89. The van der Waals surface area contributed by atoms with Crippen LogP contribution in [0.1, 0.15) is 30.0 Å². The number of nitrogens with zero attached hydrogens (tertiary/aromatic N) is 1. The summed E-state index contributed by atoms with van der Waals surface area (Å²) in [6.45, 7) is 3.39. The zero-order chi connectivity index (χ0) is 30.4. The number of aliphatic carboxylic acids is 1. The van der Waals surface area contributed by atoms with E-state index in [-0.39, 0.29) is 38.4 Å². The zero-order valence-electron chi connectivity index (χ0n) is 23.3. The lowest BCUT2D eigenvalue weighted by Gasteiger charge is -2.23. The molecule has 0 heterocycles. The van der Waals surface area contributed by atoms with Crippen molar-refractivity contribution in [1.29, 1.82) is 0 Å². The van der Waals surface area contributed by atoms with Crippen LogP contribution in [-0.2, 0) is 33.5 Å². The van der Waals surface area contributed by atoms with Crippen molar-refractivity contribution in [3.8, 4) is 5.75 Å². The maximum absolute atomic E-state index is 13.1. The lowest BCUT2D eigenvalue weighted by Crippen LogP contribution is -2.39. The third-order valence-corrected chi connectivity index (χ3v) is 6.17. The number of alkyl halides is 3. The molecule has 3 rings (SSSR count). The second kappa shape index (κ2) is 16.4. The third kappa shape index (κ3) is 11.1. The van der Waals surface area contributed by atoms with Gasteiger partial charge in [-0.2, -0.15) is 13.2 Å². The number of anilines is 1. The van der Waals surface area contributed by atoms with Crippen LogP contribution in [-0.4, -0.2) is 61.0 Å². The summed E-state index contributed by atoms with van der Waals surface area (Å²) in [6, 6.07) is 20.4. The normalized spacial score (nSPS) is 12.0. The summed E-state index contributed by atoms with van der Waals surface area (Å²) in [6.07, 6.45) is -4.76. The molecule has 1 atom stereocenters. The molecule has 0 saturated heterocycles. The first-order valence-corrected chi connectivity index (χ1v) is 13.6. The number of urea groups is 1. The Morgan fingerprint density at radius 3 is 2.33 bits per heavy atom. The number of carbonyl (C=O) groups is 2. The summed E-state index contributed by atoms with van der Waals surface area (Å²) >= 11 is 0. The molecular formula is C31H35F3N2O6. The fourth-order valence-corrected chi connectivity index (χ4v) is 4.04. The Morgan fingerprint density at radius 1 is 0.929 bits per heavy atom. The van der Waals surface area contributed by atoms with Crippen LogP contribution < -0.4 is 10.1 Å². The summed E-state index contributed by atoms with van der Waals surface area (Å²) in [5, 5.41) is 11.8. The van der Waals surface area contributed by atoms with Crippen LogP contribution in [0.2, 0.25) is 0 Å². The monoisotopic (exact) mass is 588 g/mol. The van der Waals surface area contributed by atoms with Crippen molar-refractivity contribution in [3.63, 3.8) is 0 Å². The number of carbonyl (C=O) groups excluding carboxylic acids is 1. The van der Waals surface area contributed by atoms with Gasteiger partial charge in [-0.15, -0.1) is 0 Å². The molecule has 226 valence electrons. The highest BCUT2D eigenvalue weighted by Gasteiger charge is 2.30. The standard InChI is InChI=1S/C31H35F3N2O6/c1-2-41-28(29(37)38)20-23-12-14-27(15-13-23)42-19-17-36(16-7-18-40-22-24-8-4-3-5-9-24)30(39)35-26-11-6-10-25(21-26)31(32,33)34/h3-6,8-15,21,28H,2,7,16-20,22H2,1H3,(H,35,39)(H,37,38). The van der Waals surface area contributed by atoms with Crippen LogP contribution in [0.3, 0.4) is 0 Å². The first-order chi connectivity index (χ1) is 20.2. The van der Waals surface area contributed by atoms with Crippen molar-refractivity contribution >= 4 is 17.7 Å². The van der Waals surface area contributed by atoms with Gasteiger partial charge in [-0.3, -0.25) is 0 Å². The molecule has 0 aliphatic carbocycles.